The number of aromatic nitrogens is 3. The third-order valence-corrected chi connectivity index (χ3v) is 4.60. The standard InChI is InChI=1S/C19H18N4O.C2HF3O2/c1-2-14-4-3-13(11-22-14)17-9-12(5-7-20-17)18-10-15-16(23-18)6-8-21-19(15)24;3-2(4,5)1(6)7/h3-5,7,9-11,23H,2,6,8H2,1H3,(H,21,24);(H,6,7). The lowest BCUT2D eigenvalue weighted by molar-refractivity contribution is -0.192. The molecule has 0 atom stereocenters. The lowest BCUT2D eigenvalue weighted by atomic mass is 10.1. The number of aryl methyl sites for hydroxylation is 1. The number of fused-ring (bicyclic) bond motifs is 1. The highest BCUT2D eigenvalue weighted by atomic mass is 19.4. The van der Waals surface area contributed by atoms with Gasteiger partial charge in [0, 0.05) is 53.6 Å². The smallest absolute Gasteiger partial charge is 0.475 e. The number of aromatic amines is 1. The molecule has 4 rings (SSSR count). The zero-order chi connectivity index (χ0) is 22.6. The van der Waals surface area contributed by atoms with E-state index in [9.17, 15) is 18.0 Å². The van der Waals surface area contributed by atoms with Gasteiger partial charge in [-0.15, -0.1) is 0 Å². The van der Waals surface area contributed by atoms with Crippen molar-refractivity contribution in [2.45, 2.75) is 25.9 Å². The van der Waals surface area contributed by atoms with Gasteiger partial charge in [0.1, 0.15) is 0 Å². The lowest BCUT2D eigenvalue weighted by Gasteiger charge is -2.10. The molecule has 3 N–H and O–H groups in total. The summed E-state index contributed by atoms with van der Waals surface area (Å²) in [5.41, 5.74) is 6.63. The third-order valence-electron chi connectivity index (χ3n) is 4.60. The van der Waals surface area contributed by atoms with E-state index in [1.54, 1.807) is 6.20 Å². The van der Waals surface area contributed by atoms with Gasteiger partial charge >= 0.3 is 12.1 Å². The predicted molar refractivity (Wildman–Crippen MR) is 106 cm³/mol. The second kappa shape index (κ2) is 8.99. The molecule has 0 unspecified atom stereocenters. The van der Waals surface area contributed by atoms with E-state index in [4.69, 9.17) is 9.90 Å². The molecule has 0 fully saturated rings. The van der Waals surface area contributed by atoms with Crippen molar-refractivity contribution in [3.05, 3.63) is 59.7 Å². The Morgan fingerprint density at radius 2 is 1.90 bits per heavy atom. The van der Waals surface area contributed by atoms with Crippen molar-refractivity contribution >= 4 is 11.9 Å². The van der Waals surface area contributed by atoms with Crippen LogP contribution in [-0.2, 0) is 17.6 Å². The Balaban J connectivity index is 0.000000339. The number of aliphatic carboxylic acids is 1. The molecule has 0 aromatic carbocycles. The van der Waals surface area contributed by atoms with Crippen molar-refractivity contribution in [2.75, 3.05) is 6.54 Å². The molecule has 1 amide bonds. The summed E-state index contributed by atoms with van der Waals surface area (Å²) in [6.45, 7) is 2.77. The van der Waals surface area contributed by atoms with Gasteiger partial charge in [0.2, 0.25) is 0 Å². The fraction of sp³-hybridized carbons (Fsp3) is 0.238. The second-order valence-corrected chi connectivity index (χ2v) is 6.71. The number of halogens is 3. The van der Waals surface area contributed by atoms with Gasteiger partial charge in [-0.2, -0.15) is 13.2 Å². The topological polar surface area (TPSA) is 108 Å². The average molecular weight is 432 g/mol. The zero-order valence-electron chi connectivity index (χ0n) is 16.5. The first-order chi connectivity index (χ1) is 14.7. The number of alkyl halides is 3. The van der Waals surface area contributed by atoms with E-state index in [0.29, 0.717) is 6.54 Å². The largest absolute Gasteiger partial charge is 0.490 e. The van der Waals surface area contributed by atoms with Crippen LogP contribution in [0.15, 0.2) is 42.7 Å². The van der Waals surface area contributed by atoms with Gasteiger partial charge in [0.15, 0.2) is 0 Å². The monoisotopic (exact) mass is 432 g/mol. The lowest BCUT2D eigenvalue weighted by Crippen LogP contribution is -2.31. The Morgan fingerprint density at radius 1 is 1.16 bits per heavy atom. The Labute approximate surface area is 175 Å². The van der Waals surface area contributed by atoms with E-state index in [1.807, 2.05) is 36.5 Å². The number of hydrogen-bond donors (Lipinski definition) is 3. The number of H-pyrrole nitrogens is 1. The molecule has 0 saturated heterocycles. The van der Waals surface area contributed by atoms with Crippen molar-refractivity contribution in [2.24, 2.45) is 0 Å². The van der Waals surface area contributed by atoms with Crippen molar-refractivity contribution in [1.29, 1.82) is 0 Å². The summed E-state index contributed by atoms with van der Waals surface area (Å²) in [4.78, 5) is 33.1. The first-order valence-electron chi connectivity index (χ1n) is 9.41. The van der Waals surface area contributed by atoms with Crippen molar-refractivity contribution < 1.29 is 27.9 Å². The number of carbonyl (C=O) groups excluding carboxylic acids is 1. The highest BCUT2D eigenvalue weighted by Crippen LogP contribution is 2.27. The third kappa shape index (κ3) is 5.27. The van der Waals surface area contributed by atoms with Crippen molar-refractivity contribution in [1.82, 2.24) is 20.3 Å². The van der Waals surface area contributed by atoms with Crippen LogP contribution >= 0.6 is 0 Å². The fourth-order valence-corrected chi connectivity index (χ4v) is 2.99. The minimum atomic E-state index is -5.08. The summed E-state index contributed by atoms with van der Waals surface area (Å²) in [6, 6.07) is 9.97. The number of nitrogens with one attached hydrogen (secondary N) is 2. The van der Waals surface area contributed by atoms with Crippen molar-refractivity contribution in [3.8, 4) is 22.5 Å². The number of pyridine rings is 2. The van der Waals surface area contributed by atoms with Gasteiger partial charge in [-0.05, 0) is 36.8 Å². The van der Waals surface area contributed by atoms with Gasteiger partial charge in [0.05, 0.1) is 11.3 Å². The van der Waals surface area contributed by atoms with Crippen LogP contribution in [-0.4, -0.2) is 44.7 Å². The molecule has 0 radical (unpaired) electrons. The summed E-state index contributed by atoms with van der Waals surface area (Å²) in [5, 5.41) is 10.00. The zero-order valence-corrected chi connectivity index (χ0v) is 16.5. The molecule has 7 nitrogen and oxygen atoms in total. The predicted octanol–water partition coefficient (Wildman–Crippen LogP) is 3.62. The molecule has 10 heteroatoms. The van der Waals surface area contributed by atoms with Crippen LogP contribution in [0.2, 0.25) is 0 Å². The van der Waals surface area contributed by atoms with Crippen LogP contribution in [0.4, 0.5) is 13.2 Å². The van der Waals surface area contributed by atoms with E-state index in [0.717, 1.165) is 52.3 Å². The molecule has 0 aliphatic carbocycles. The Bertz CT molecular complexity index is 1090. The van der Waals surface area contributed by atoms with Crippen LogP contribution in [0.5, 0.6) is 0 Å². The van der Waals surface area contributed by atoms with Gasteiger partial charge in [0.25, 0.3) is 5.91 Å². The molecule has 1 aliphatic heterocycles. The van der Waals surface area contributed by atoms with E-state index in [2.05, 4.69) is 27.2 Å². The number of rotatable bonds is 3. The van der Waals surface area contributed by atoms with Crippen LogP contribution in [0.25, 0.3) is 22.5 Å². The highest BCUT2D eigenvalue weighted by molar-refractivity contribution is 5.97. The Morgan fingerprint density at radius 3 is 2.48 bits per heavy atom. The molecule has 0 spiro atoms. The molecule has 4 heterocycles. The van der Waals surface area contributed by atoms with E-state index in [1.165, 1.54) is 0 Å². The normalized spacial score (nSPS) is 13.0. The molecule has 31 heavy (non-hydrogen) atoms. The minimum Gasteiger partial charge on any atom is -0.475 e. The van der Waals surface area contributed by atoms with Crippen molar-refractivity contribution in [3.63, 3.8) is 0 Å². The van der Waals surface area contributed by atoms with E-state index in [-0.39, 0.29) is 5.91 Å². The maximum absolute atomic E-state index is 11.9. The molecule has 3 aromatic rings. The van der Waals surface area contributed by atoms with E-state index >= 15 is 0 Å². The van der Waals surface area contributed by atoms with Crippen LogP contribution in [0, 0.1) is 0 Å². The molecular formula is C21H19F3N4O3. The molecule has 1 aliphatic rings. The SMILES string of the molecule is CCc1ccc(-c2cc(-c3cc4c([nH]3)CCNC4=O)ccn2)cn1.O=C(O)C(F)(F)F. The quantitative estimate of drug-likeness (QED) is 0.586. The van der Waals surface area contributed by atoms with Crippen LogP contribution in [0.3, 0.4) is 0 Å². The number of amides is 1. The van der Waals surface area contributed by atoms with Gasteiger partial charge < -0.3 is 15.4 Å². The summed E-state index contributed by atoms with van der Waals surface area (Å²) in [6.07, 6.45) is 0.321. The van der Waals surface area contributed by atoms with E-state index < -0.39 is 12.1 Å². The number of carbonyl (C=O) groups is 2. The molecule has 0 saturated carbocycles. The molecule has 3 aromatic heterocycles. The average Bonchev–Trinajstić information content (AvgIpc) is 3.20. The second-order valence-electron chi connectivity index (χ2n) is 6.71. The molecule has 162 valence electrons. The Hall–Kier alpha value is -3.69. The maximum Gasteiger partial charge on any atom is 0.490 e. The first kappa shape index (κ1) is 22.0. The first-order valence-corrected chi connectivity index (χ1v) is 9.41. The summed E-state index contributed by atoms with van der Waals surface area (Å²) >= 11 is 0. The summed E-state index contributed by atoms with van der Waals surface area (Å²) in [5.74, 6) is -2.76. The number of carboxylic acids is 1. The minimum absolute atomic E-state index is 0.00705. The van der Waals surface area contributed by atoms with Gasteiger partial charge in [-0.1, -0.05) is 6.92 Å². The number of carboxylic acid groups (broad SMARTS) is 1. The number of nitrogens with zero attached hydrogens (tertiary/aromatic N) is 2. The molecule has 0 bridgehead atoms. The van der Waals surface area contributed by atoms with Crippen LogP contribution in [0.1, 0.15) is 28.7 Å². The molecular weight excluding hydrogens is 413 g/mol. The highest BCUT2D eigenvalue weighted by Gasteiger charge is 2.38. The number of hydrogen-bond acceptors (Lipinski definition) is 4. The van der Waals surface area contributed by atoms with Gasteiger partial charge in [-0.3, -0.25) is 14.8 Å². The fourth-order valence-electron chi connectivity index (χ4n) is 2.99. The summed E-state index contributed by atoms with van der Waals surface area (Å²) in [7, 11) is 0. The summed E-state index contributed by atoms with van der Waals surface area (Å²) < 4.78 is 31.7. The van der Waals surface area contributed by atoms with Gasteiger partial charge in [-0.25, -0.2) is 4.79 Å². The maximum atomic E-state index is 11.9. The van der Waals surface area contributed by atoms with Crippen LogP contribution < -0.4 is 5.32 Å². The Kier molecular flexibility index (Phi) is 6.38.